The van der Waals surface area contributed by atoms with Crippen molar-refractivity contribution in [1.29, 1.82) is 0 Å². The van der Waals surface area contributed by atoms with E-state index in [2.05, 4.69) is 23.4 Å². The number of amides is 2. The second-order valence-corrected chi connectivity index (χ2v) is 6.56. The molecule has 2 amide bonds. The quantitative estimate of drug-likeness (QED) is 0.560. The second kappa shape index (κ2) is 7.89. The number of nitrogens with one attached hydrogen (secondary N) is 1. The Morgan fingerprint density at radius 1 is 1.15 bits per heavy atom. The van der Waals surface area contributed by atoms with Crippen LogP contribution < -0.4 is 11.1 Å². The van der Waals surface area contributed by atoms with Crippen molar-refractivity contribution in [2.24, 2.45) is 5.73 Å². The van der Waals surface area contributed by atoms with E-state index in [1.54, 1.807) is 36.7 Å². The molecule has 3 aromatic rings. The van der Waals surface area contributed by atoms with Crippen molar-refractivity contribution in [3.8, 4) is 11.4 Å². The fourth-order valence-corrected chi connectivity index (χ4v) is 3.34. The summed E-state index contributed by atoms with van der Waals surface area (Å²) < 4.78 is 12.0. The first kappa shape index (κ1) is 17.8. The highest BCUT2D eigenvalue weighted by Gasteiger charge is 2.28. The molecule has 0 aromatic carbocycles. The molecule has 0 saturated heterocycles. The van der Waals surface area contributed by atoms with Crippen LogP contribution in [-0.2, 0) is 16.0 Å². The van der Waals surface area contributed by atoms with Crippen LogP contribution in [0.2, 0.25) is 0 Å². The Morgan fingerprint density at radius 2 is 2.00 bits per heavy atom. The summed E-state index contributed by atoms with van der Waals surface area (Å²) in [5.41, 5.74) is 5.90. The maximum Gasteiger partial charge on any atom is 0.287 e. The minimum absolute atomic E-state index is 0.0280. The number of carbonyl (C=O) groups excluding carboxylic acids is 3. The highest BCUT2D eigenvalue weighted by atomic mass is 32.1. The Bertz CT molecular complexity index is 926. The zero-order valence-electron chi connectivity index (χ0n) is 13.2. The molecule has 3 N–H and O–H groups in total. The van der Waals surface area contributed by atoms with Gasteiger partial charge in [0.05, 0.1) is 17.4 Å². The van der Waals surface area contributed by atoms with E-state index in [4.69, 9.17) is 5.73 Å². The Morgan fingerprint density at radius 3 is 2.65 bits per heavy atom. The molecule has 26 heavy (non-hydrogen) atoms. The molecule has 0 fully saturated rings. The standard InChI is InChI=1S/C15H12N6O3S2/c16-14(23)13(22)10(7-8-4-6-18-25-8)19-15(24)12-11(20-26-21-12)9-3-1-2-5-17-9/h1-6,10H,7H2,(H2,16,23)(H,19,24). The zero-order valence-corrected chi connectivity index (χ0v) is 14.8. The average Bonchev–Trinajstić information content (AvgIpc) is 3.32. The number of hydrogen-bond acceptors (Lipinski definition) is 9. The van der Waals surface area contributed by atoms with Gasteiger partial charge in [0.1, 0.15) is 11.7 Å². The topological polar surface area (TPSA) is 141 Å². The summed E-state index contributed by atoms with van der Waals surface area (Å²) in [6, 6.07) is 5.77. The molecule has 1 atom stereocenters. The molecule has 3 rings (SSSR count). The molecule has 0 aliphatic heterocycles. The third-order valence-electron chi connectivity index (χ3n) is 3.37. The number of aromatic nitrogens is 4. The van der Waals surface area contributed by atoms with Gasteiger partial charge in [0.2, 0.25) is 5.78 Å². The van der Waals surface area contributed by atoms with Crippen LogP contribution >= 0.6 is 23.3 Å². The Balaban J connectivity index is 1.83. The van der Waals surface area contributed by atoms with Crippen LogP contribution in [0.15, 0.2) is 36.7 Å². The third kappa shape index (κ3) is 3.95. The largest absolute Gasteiger partial charge is 0.363 e. The minimum Gasteiger partial charge on any atom is -0.363 e. The van der Waals surface area contributed by atoms with Crippen LogP contribution in [0.5, 0.6) is 0 Å². The summed E-state index contributed by atoms with van der Waals surface area (Å²) >= 11 is 2.01. The number of primary amides is 1. The van der Waals surface area contributed by atoms with E-state index < -0.39 is 23.6 Å². The number of ketones is 1. The normalized spacial score (nSPS) is 11.7. The summed E-state index contributed by atoms with van der Waals surface area (Å²) in [6.07, 6.45) is 3.24. The molecule has 0 bridgehead atoms. The molecule has 0 aliphatic rings. The molecule has 9 nitrogen and oxygen atoms in total. The first-order valence-electron chi connectivity index (χ1n) is 7.34. The number of carbonyl (C=O) groups is 3. The number of rotatable bonds is 7. The number of pyridine rings is 1. The average molecular weight is 388 g/mol. The van der Waals surface area contributed by atoms with Gasteiger partial charge in [0.15, 0.2) is 5.69 Å². The van der Waals surface area contributed by atoms with Gasteiger partial charge in [-0.25, -0.2) is 4.37 Å². The summed E-state index contributed by atoms with van der Waals surface area (Å²) in [6.45, 7) is 0. The Kier molecular flexibility index (Phi) is 5.39. The van der Waals surface area contributed by atoms with Gasteiger partial charge < -0.3 is 11.1 Å². The van der Waals surface area contributed by atoms with Gasteiger partial charge in [-0.1, -0.05) is 6.07 Å². The number of hydrogen-bond donors (Lipinski definition) is 2. The van der Waals surface area contributed by atoms with E-state index in [1.807, 2.05) is 0 Å². The molecular weight excluding hydrogens is 376 g/mol. The van der Waals surface area contributed by atoms with Crippen molar-refractivity contribution in [3.05, 3.63) is 47.2 Å². The first-order valence-corrected chi connectivity index (χ1v) is 8.84. The van der Waals surface area contributed by atoms with E-state index in [0.717, 1.165) is 28.1 Å². The lowest BCUT2D eigenvalue weighted by molar-refractivity contribution is -0.137. The lowest BCUT2D eigenvalue weighted by Gasteiger charge is -2.14. The van der Waals surface area contributed by atoms with E-state index in [0.29, 0.717) is 11.4 Å². The highest BCUT2D eigenvalue weighted by Crippen LogP contribution is 2.19. The van der Waals surface area contributed by atoms with Crippen molar-refractivity contribution in [1.82, 2.24) is 23.4 Å². The van der Waals surface area contributed by atoms with Crippen LogP contribution in [0.3, 0.4) is 0 Å². The van der Waals surface area contributed by atoms with Crippen LogP contribution in [-0.4, -0.2) is 41.7 Å². The Labute approximate surface area is 155 Å². The van der Waals surface area contributed by atoms with Crippen molar-refractivity contribution in [3.63, 3.8) is 0 Å². The molecule has 3 heterocycles. The molecular formula is C15H12N6O3S2. The summed E-state index contributed by atoms with van der Waals surface area (Å²) in [4.78, 5) is 40.9. The summed E-state index contributed by atoms with van der Waals surface area (Å²) in [7, 11) is 0. The first-order chi connectivity index (χ1) is 12.6. The van der Waals surface area contributed by atoms with E-state index >= 15 is 0 Å². The monoisotopic (exact) mass is 388 g/mol. The molecule has 3 aromatic heterocycles. The highest BCUT2D eigenvalue weighted by molar-refractivity contribution is 7.05. The van der Waals surface area contributed by atoms with Gasteiger partial charge in [-0.3, -0.25) is 19.4 Å². The van der Waals surface area contributed by atoms with Gasteiger partial charge in [0.25, 0.3) is 11.8 Å². The Hall–Kier alpha value is -3.05. The molecule has 132 valence electrons. The summed E-state index contributed by atoms with van der Waals surface area (Å²) in [5, 5.41) is 2.51. The van der Waals surface area contributed by atoms with E-state index in [1.165, 1.54) is 0 Å². The maximum absolute atomic E-state index is 12.6. The van der Waals surface area contributed by atoms with Gasteiger partial charge in [-0.2, -0.15) is 8.75 Å². The fraction of sp³-hybridized carbons (Fsp3) is 0.133. The number of Topliss-reactive ketones (excluding diaryl/α,β-unsaturated/α-hetero) is 1. The number of nitrogens with two attached hydrogens (primary N) is 1. The molecule has 0 saturated carbocycles. The van der Waals surface area contributed by atoms with E-state index in [-0.39, 0.29) is 12.1 Å². The van der Waals surface area contributed by atoms with Gasteiger partial charge >= 0.3 is 0 Å². The number of nitrogens with zero attached hydrogens (tertiary/aromatic N) is 4. The van der Waals surface area contributed by atoms with Crippen LogP contribution in [0.1, 0.15) is 15.4 Å². The van der Waals surface area contributed by atoms with Gasteiger partial charge in [0, 0.05) is 23.7 Å². The van der Waals surface area contributed by atoms with Crippen molar-refractivity contribution < 1.29 is 14.4 Å². The van der Waals surface area contributed by atoms with Crippen LogP contribution in [0.4, 0.5) is 0 Å². The van der Waals surface area contributed by atoms with Gasteiger partial charge in [-0.15, -0.1) is 0 Å². The molecule has 0 radical (unpaired) electrons. The van der Waals surface area contributed by atoms with Crippen molar-refractivity contribution in [2.75, 3.05) is 0 Å². The molecule has 1 unspecified atom stereocenters. The predicted molar refractivity (Wildman–Crippen MR) is 94.4 cm³/mol. The smallest absolute Gasteiger partial charge is 0.287 e. The zero-order chi connectivity index (χ0) is 18.5. The molecule has 0 spiro atoms. The fourth-order valence-electron chi connectivity index (χ4n) is 2.16. The van der Waals surface area contributed by atoms with Crippen LogP contribution in [0, 0.1) is 0 Å². The van der Waals surface area contributed by atoms with Crippen LogP contribution in [0.25, 0.3) is 11.4 Å². The predicted octanol–water partition coefficient (Wildman–Crippen LogP) is 0.452. The van der Waals surface area contributed by atoms with E-state index in [9.17, 15) is 14.4 Å². The minimum atomic E-state index is -1.12. The molecule has 0 aliphatic carbocycles. The third-order valence-corrected chi connectivity index (χ3v) is 4.67. The SMILES string of the molecule is NC(=O)C(=O)C(Cc1ccns1)NC(=O)c1nsnc1-c1ccccn1. The second-order valence-electron chi connectivity index (χ2n) is 5.11. The lowest BCUT2D eigenvalue weighted by Crippen LogP contribution is -2.47. The van der Waals surface area contributed by atoms with Crippen molar-refractivity contribution in [2.45, 2.75) is 12.5 Å². The molecule has 11 heteroatoms. The van der Waals surface area contributed by atoms with Gasteiger partial charge in [-0.05, 0) is 29.7 Å². The maximum atomic E-state index is 12.6. The lowest BCUT2D eigenvalue weighted by atomic mass is 10.1. The summed E-state index contributed by atoms with van der Waals surface area (Å²) in [5.74, 6) is -2.65. The van der Waals surface area contributed by atoms with Crippen molar-refractivity contribution >= 4 is 40.9 Å².